The first-order chi connectivity index (χ1) is 8.61. The Bertz CT molecular complexity index is 535. The first kappa shape index (κ1) is 12.6. The molecule has 0 bridgehead atoms. The Morgan fingerprint density at radius 1 is 1.06 bits per heavy atom. The molecule has 0 saturated carbocycles. The van der Waals surface area contributed by atoms with Crippen molar-refractivity contribution in [1.29, 1.82) is 0 Å². The highest BCUT2D eigenvalue weighted by atomic mass is 19.1. The van der Waals surface area contributed by atoms with Crippen LogP contribution < -0.4 is 11.1 Å². The zero-order valence-electron chi connectivity index (χ0n) is 10.6. The average molecular weight is 244 g/mol. The van der Waals surface area contributed by atoms with Gasteiger partial charge in [-0.3, -0.25) is 0 Å². The number of benzene rings is 2. The average Bonchev–Trinajstić information content (AvgIpc) is 2.41. The number of hydrogen-bond donors (Lipinski definition) is 2. The Hall–Kier alpha value is -1.87. The lowest BCUT2D eigenvalue weighted by atomic mass is 9.98. The predicted octanol–water partition coefficient (Wildman–Crippen LogP) is 3.22. The van der Waals surface area contributed by atoms with E-state index in [9.17, 15) is 4.39 Å². The van der Waals surface area contributed by atoms with E-state index < -0.39 is 0 Å². The molecule has 2 aromatic rings. The van der Waals surface area contributed by atoms with Crippen molar-refractivity contribution in [1.82, 2.24) is 0 Å². The third-order valence-electron chi connectivity index (χ3n) is 3.10. The maximum atomic E-state index is 13.2. The third-order valence-corrected chi connectivity index (χ3v) is 3.10. The van der Waals surface area contributed by atoms with Gasteiger partial charge < -0.3 is 11.1 Å². The molecular weight excluding hydrogens is 227 g/mol. The molecule has 18 heavy (non-hydrogen) atoms. The fourth-order valence-corrected chi connectivity index (χ4v) is 1.91. The molecule has 0 aliphatic rings. The number of hydrogen-bond acceptors (Lipinski definition) is 2. The molecular formula is C15H17FN2. The summed E-state index contributed by atoms with van der Waals surface area (Å²) in [5.41, 5.74) is 9.78. The molecule has 0 heterocycles. The largest absolute Gasteiger partial charge is 0.388 e. The van der Waals surface area contributed by atoms with Gasteiger partial charge in [0.05, 0.1) is 6.04 Å². The summed E-state index contributed by atoms with van der Waals surface area (Å²) in [4.78, 5) is 0. The van der Waals surface area contributed by atoms with Gasteiger partial charge in [0.25, 0.3) is 0 Å². The monoisotopic (exact) mass is 244 g/mol. The van der Waals surface area contributed by atoms with Crippen molar-refractivity contribution < 1.29 is 4.39 Å². The standard InChI is InChI=1S/C15H17FN2/c1-10-9-12(5-8-14(10)16)15(17)11-3-6-13(18-2)7-4-11/h3-9,15,18H,17H2,1-2H3. The van der Waals surface area contributed by atoms with Crippen molar-refractivity contribution in [3.8, 4) is 0 Å². The Labute approximate surface area is 107 Å². The molecule has 0 aromatic heterocycles. The summed E-state index contributed by atoms with van der Waals surface area (Å²) in [6, 6.07) is 12.7. The summed E-state index contributed by atoms with van der Waals surface area (Å²) >= 11 is 0. The maximum Gasteiger partial charge on any atom is 0.126 e. The zero-order valence-corrected chi connectivity index (χ0v) is 10.6. The Morgan fingerprint density at radius 3 is 2.22 bits per heavy atom. The molecule has 0 aliphatic carbocycles. The normalized spacial score (nSPS) is 12.2. The summed E-state index contributed by atoms with van der Waals surface area (Å²) in [6.07, 6.45) is 0. The van der Waals surface area contributed by atoms with Crippen molar-refractivity contribution in [2.24, 2.45) is 5.73 Å². The molecule has 1 unspecified atom stereocenters. The van der Waals surface area contributed by atoms with Gasteiger partial charge in [-0.1, -0.05) is 24.3 Å². The molecule has 0 aliphatic heterocycles. The van der Waals surface area contributed by atoms with E-state index in [-0.39, 0.29) is 11.9 Å². The highest BCUT2D eigenvalue weighted by Crippen LogP contribution is 2.22. The van der Waals surface area contributed by atoms with Crippen LogP contribution >= 0.6 is 0 Å². The van der Waals surface area contributed by atoms with Crippen LogP contribution in [-0.4, -0.2) is 7.05 Å². The third kappa shape index (κ3) is 2.51. The summed E-state index contributed by atoms with van der Waals surface area (Å²) in [5.74, 6) is -0.198. The Balaban J connectivity index is 2.28. The SMILES string of the molecule is CNc1ccc(C(N)c2ccc(F)c(C)c2)cc1. The first-order valence-corrected chi connectivity index (χ1v) is 5.91. The minimum absolute atomic E-state index is 0.198. The van der Waals surface area contributed by atoms with Crippen LogP contribution in [0.3, 0.4) is 0 Å². The number of halogens is 1. The molecule has 0 spiro atoms. The Kier molecular flexibility index (Phi) is 3.63. The van der Waals surface area contributed by atoms with E-state index in [1.807, 2.05) is 31.3 Å². The first-order valence-electron chi connectivity index (χ1n) is 5.91. The molecule has 2 aromatic carbocycles. The molecule has 3 N–H and O–H groups in total. The van der Waals surface area contributed by atoms with Crippen LogP contribution in [0.4, 0.5) is 10.1 Å². The van der Waals surface area contributed by atoms with Gasteiger partial charge in [0.1, 0.15) is 5.82 Å². The van der Waals surface area contributed by atoms with E-state index in [4.69, 9.17) is 5.73 Å². The van der Waals surface area contributed by atoms with Gasteiger partial charge in [-0.15, -0.1) is 0 Å². The van der Waals surface area contributed by atoms with Gasteiger partial charge in [-0.25, -0.2) is 4.39 Å². The van der Waals surface area contributed by atoms with Gasteiger partial charge in [0, 0.05) is 12.7 Å². The molecule has 94 valence electrons. The smallest absolute Gasteiger partial charge is 0.126 e. The molecule has 0 amide bonds. The molecule has 3 heteroatoms. The lowest BCUT2D eigenvalue weighted by Gasteiger charge is -2.14. The van der Waals surface area contributed by atoms with E-state index in [2.05, 4.69) is 5.32 Å². The van der Waals surface area contributed by atoms with Crippen LogP contribution in [0, 0.1) is 12.7 Å². The highest BCUT2D eigenvalue weighted by molar-refractivity contribution is 5.46. The second kappa shape index (κ2) is 5.19. The summed E-state index contributed by atoms with van der Waals surface area (Å²) in [6.45, 7) is 1.75. The van der Waals surface area contributed by atoms with Crippen molar-refractivity contribution in [3.63, 3.8) is 0 Å². The quantitative estimate of drug-likeness (QED) is 0.870. The van der Waals surface area contributed by atoms with Crippen molar-refractivity contribution >= 4 is 5.69 Å². The number of anilines is 1. The van der Waals surface area contributed by atoms with Crippen LogP contribution in [0.5, 0.6) is 0 Å². The molecule has 2 nitrogen and oxygen atoms in total. The van der Waals surface area contributed by atoms with Gasteiger partial charge in [0.15, 0.2) is 0 Å². The minimum Gasteiger partial charge on any atom is -0.388 e. The van der Waals surface area contributed by atoms with Gasteiger partial charge >= 0.3 is 0 Å². The summed E-state index contributed by atoms with van der Waals surface area (Å²) in [5, 5.41) is 3.06. The van der Waals surface area contributed by atoms with Crippen LogP contribution in [-0.2, 0) is 0 Å². The van der Waals surface area contributed by atoms with E-state index in [1.54, 1.807) is 19.1 Å². The van der Waals surface area contributed by atoms with E-state index in [1.165, 1.54) is 6.07 Å². The van der Waals surface area contributed by atoms with Gasteiger partial charge in [-0.05, 0) is 41.8 Å². The molecule has 2 rings (SSSR count). The number of nitrogens with two attached hydrogens (primary N) is 1. The van der Waals surface area contributed by atoms with Crippen molar-refractivity contribution in [2.45, 2.75) is 13.0 Å². The van der Waals surface area contributed by atoms with Gasteiger partial charge in [0.2, 0.25) is 0 Å². The zero-order chi connectivity index (χ0) is 13.1. The molecule has 0 fully saturated rings. The minimum atomic E-state index is -0.227. The van der Waals surface area contributed by atoms with Crippen molar-refractivity contribution in [2.75, 3.05) is 12.4 Å². The summed E-state index contributed by atoms with van der Waals surface area (Å²) < 4.78 is 13.2. The molecule has 0 radical (unpaired) electrons. The maximum absolute atomic E-state index is 13.2. The fourth-order valence-electron chi connectivity index (χ4n) is 1.91. The van der Waals surface area contributed by atoms with Crippen molar-refractivity contribution in [3.05, 3.63) is 65.0 Å². The summed E-state index contributed by atoms with van der Waals surface area (Å²) in [7, 11) is 1.87. The fraction of sp³-hybridized carbons (Fsp3) is 0.200. The van der Waals surface area contributed by atoms with Crippen LogP contribution in [0.15, 0.2) is 42.5 Å². The number of nitrogens with one attached hydrogen (secondary N) is 1. The van der Waals surface area contributed by atoms with Crippen LogP contribution in [0.1, 0.15) is 22.7 Å². The van der Waals surface area contributed by atoms with E-state index in [0.717, 1.165) is 16.8 Å². The second-order valence-corrected chi connectivity index (χ2v) is 4.36. The van der Waals surface area contributed by atoms with Crippen LogP contribution in [0.25, 0.3) is 0 Å². The Morgan fingerprint density at radius 2 is 1.67 bits per heavy atom. The molecule has 0 saturated heterocycles. The molecule has 1 atom stereocenters. The van der Waals surface area contributed by atoms with Gasteiger partial charge in [-0.2, -0.15) is 0 Å². The highest BCUT2D eigenvalue weighted by Gasteiger charge is 2.10. The van der Waals surface area contributed by atoms with E-state index >= 15 is 0 Å². The number of rotatable bonds is 3. The lowest BCUT2D eigenvalue weighted by Crippen LogP contribution is -2.12. The topological polar surface area (TPSA) is 38.0 Å². The second-order valence-electron chi connectivity index (χ2n) is 4.36. The predicted molar refractivity (Wildman–Crippen MR) is 73.2 cm³/mol. The van der Waals surface area contributed by atoms with E-state index in [0.29, 0.717) is 5.56 Å². The number of aryl methyl sites for hydroxylation is 1. The lowest BCUT2D eigenvalue weighted by molar-refractivity contribution is 0.617. The van der Waals surface area contributed by atoms with Crippen LogP contribution in [0.2, 0.25) is 0 Å².